The fourth-order valence-corrected chi connectivity index (χ4v) is 4.08. The molecule has 0 saturated carbocycles. The highest BCUT2D eigenvalue weighted by molar-refractivity contribution is 6.33. The van der Waals surface area contributed by atoms with Gasteiger partial charge in [-0.1, -0.05) is 11.6 Å². The lowest BCUT2D eigenvalue weighted by Crippen LogP contribution is -2.26. The molecular formula is C20H23ClN6O3. The number of ether oxygens (including phenoxy) is 1. The van der Waals surface area contributed by atoms with E-state index < -0.39 is 5.56 Å². The van der Waals surface area contributed by atoms with Gasteiger partial charge in [0.25, 0.3) is 5.56 Å². The summed E-state index contributed by atoms with van der Waals surface area (Å²) in [5, 5.41) is 20.0. The molecule has 9 nitrogen and oxygen atoms in total. The van der Waals surface area contributed by atoms with Crippen molar-refractivity contribution in [3.63, 3.8) is 0 Å². The molecule has 1 aliphatic rings. The first-order valence-electron chi connectivity index (χ1n) is 9.74. The van der Waals surface area contributed by atoms with Crippen LogP contribution in [0.15, 0.2) is 29.3 Å². The summed E-state index contributed by atoms with van der Waals surface area (Å²) >= 11 is 6.12. The highest BCUT2D eigenvalue weighted by Crippen LogP contribution is 2.30. The van der Waals surface area contributed by atoms with Gasteiger partial charge in [-0.05, 0) is 25.5 Å². The molecule has 3 aromatic heterocycles. The molecule has 0 bridgehead atoms. The standard InChI is InChI=1S/C20H23ClN6O3/c1-12-18(13(2)27(25-12)7-8-28)14-3-5-22-17(9-14)30-15-4-6-26(11-15)16-10-23-24-20(29)19(16)21/h3,5,9-10,15,28H,4,6-8,11H2,1-2H3,(H,24,29)/t15-/m1/s1. The number of hydrogen-bond acceptors (Lipinski definition) is 7. The zero-order valence-corrected chi connectivity index (χ0v) is 17.6. The first kappa shape index (κ1) is 20.4. The Kier molecular flexibility index (Phi) is 5.74. The third-order valence-electron chi connectivity index (χ3n) is 5.27. The van der Waals surface area contributed by atoms with E-state index in [0.717, 1.165) is 28.9 Å². The molecule has 158 valence electrons. The van der Waals surface area contributed by atoms with Gasteiger partial charge in [0.2, 0.25) is 5.88 Å². The molecule has 0 aromatic carbocycles. The Bertz CT molecular complexity index is 1110. The van der Waals surface area contributed by atoms with E-state index in [1.165, 1.54) is 0 Å². The molecule has 3 aromatic rings. The molecule has 30 heavy (non-hydrogen) atoms. The van der Waals surface area contributed by atoms with E-state index in [2.05, 4.69) is 20.3 Å². The van der Waals surface area contributed by atoms with Gasteiger partial charge in [-0.2, -0.15) is 10.2 Å². The Morgan fingerprint density at radius 3 is 3.03 bits per heavy atom. The van der Waals surface area contributed by atoms with Crippen molar-refractivity contribution < 1.29 is 9.84 Å². The number of pyridine rings is 1. The Morgan fingerprint density at radius 1 is 1.40 bits per heavy atom. The molecule has 4 rings (SSSR count). The maximum Gasteiger partial charge on any atom is 0.285 e. The van der Waals surface area contributed by atoms with E-state index in [9.17, 15) is 9.90 Å². The van der Waals surface area contributed by atoms with E-state index in [-0.39, 0.29) is 17.7 Å². The van der Waals surface area contributed by atoms with Gasteiger partial charge in [0.1, 0.15) is 11.1 Å². The van der Waals surface area contributed by atoms with Gasteiger partial charge in [-0.3, -0.25) is 9.48 Å². The lowest BCUT2D eigenvalue weighted by molar-refractivity contribution is 0.216. The summed E-state index contributed by atoms with van der Waals surface area (Å²) in [5.74, 6) is 0.531. The minimum absolute atomic E-state index is 0.0388. The molecule has 2 N–H and O–H groups in total. The number of aliphatic hydroxyl groups is 1. The fraction of sp³-hybridized carbons (Fsp3) is 0.400. The Balaban J connectivity index is 1.51. The quantitative estimate of drug-likeness (QED) is 0.615. The predicted octanol–water partition coefficient (Wildman–Crippen LogP) is 1.95. The van der Waals surface area contributed by atoms with Crippen LogP contribution in [0.25, 0.3) is 11.1 Å². The van der Waals surface area contributed by atoms with Crippen LogP contribution >= 0.6 is 11.6 Å². The summed E-state index contributed by atoms with van der Waals surface area (Å²) < 4.78 is 7.93. The van der Waals surface area contributed by atoms with Crippen LogP contribution in [0.3, 0.4) is 0 Å². The van der Waals surface area contributed by atoms with Crippen molar-refractivity contribution in [3.05, 3.63) is 51.3 Å². The average Bonchev–Trinajstić information content (AvgIpc) is 3.29. The number of nitrogens with one attached hydrogen (secondary N) is 1. The molecule has 0 amide bonds. The summed E-state index contributed by atoms with van der Waals surface area (Å²) in [5.41, 5.74) is 4.07. The number of hydrogen-bond donors (Lipinski definition) is 2. The summed E-state index contributed by atoms with van der Waals surface area (Å²) in [6.45, 7) is 5.73. The molecule has 1 saturated heterocycles. The van der Waals surface area contributed by atoms with Crippen molar-refractivity contribution in [2.75, 3.05) is 24.6 Å². The van der Waals surface area contributed by atoms with Crippen LogP contribution in [0.5, 0.6) is 5.88 Å². The maximum atomic E-state index is 11.7. The van der Waals surface area contributed by atoms with Crippen LogP contribution in [-0.4, -0.2) is 55.9 Å². The van der Waals surface area contributed by atoms with Gasteiger partial charge in [0.05, 0.1) is 37.3 Å². The van der Waals surface area contributed by atoms with Crippen molar-refractivity contribution in [3.8, 4) is 17.0 Å². The van der Waals surface area contributed by atoms with Gasteiger partial charge in [0.15, 0.2) is 0 Å². The number of aromatic nitrogens is 5. The Hall–Kier alpha value is -2.91. The molecule has 1 aliphatic heterocycles. The molecule has 0 aliphatic carbocycles. The van der Waals surface area contributed by atoms with Gasteiger partial charge in [0, 0.05) is 36.5 Å². The molecule has 0 radical (unpaired) electrons. The van der Waals surface area contributed by atoms with E-state index in [1.807, 2.05) is 30.9 Å². The average molecular weight is 431 g/mol. The number of nitrogens with zero attached hydrogens (tertiary/aromatic N) is 5. The second-order valence-corrected chi connectivity index (χ2v) is 7.63. The smallest absolute Gasteiger partial charge is 0.285 e. The normalized spacial score (nSPS) is 16.3. The monoisotopic (exact) mass is 430 g/mol. The molecule has 1 fully saturated rings. The van der Waals surface area contributed by atoms with E-state index in [1.54, 1.807) is 17.1 Å². The largest absolute Gasteiger partial charge is 0.472 e. The van der Waals surface area contributed by atoms with Crippen LogP contribution in [0, 0.1) is 13.8 Å². The van der Waals surface area contributed by atoms with Crippen molar-refractivity contribution in [1.82, 2.24) is 25.0 Å². The maximum absolute atomic E-state index is 11.7. The van der Waals surface area contributed by atoms with Gasteiger partial charge >= 0.3 is 0 Å². The molecule has 0 unspecified atom stereocenters. The minimum Gasteiger partial charge on any atom is -0.472 e. The fourth-order valence-electron chi connectivity index (χ4n) is 3.87. The summed E-state index contributed by atoms with van der Waals surface area (Å²) in [6, 6.07) is 3.83. The third kappa shape index (κ3) is 3.90. The first-order valence-corrected chi connectivity index (χ1v) is 10.1. The highest BCUT2D eigenvalue weighted by atomic mass is 35.5. The third-order valence-corrected chi connectivity index (χ3v) is 5.63. The van der Waals surface area contributed by atoms with Crippen molar-refractivity contribution in [2.24, 2.45) is 0 Å². The highest BCUT2D eigenvalue weighted by Gasteiger charge is 2.27. The number of H-pyrrole nitrogens is 1. The SMILES string of the molecule is Cc1nn(CCO)c(C)c1-c1ccnc(O[C@@H]2CCN(c3cn[nH]c(=O)c3Cl)C2)c1. The molecule has 10 heteroatoms. The van der Waals surface area contributed by atoms with Crippen molar-refractivity contribution in [2.45, 2.75) is 32.9 Å². The number of anilines is 1. The topological polar surface area (TPSA) is 109 Å². The van der Waals surface area contributed by atoms with E-state index in [4.69, 9.17) is 16.3 Å². The number of aliphatic hydroxyl groups excluding tert-OH is 1. The Labute approximate surface area is 178 Å². The van der Waals surface area contributed by atoms with Gasteiger partial charge in [-0.25, -0.2) is 10.1 Å². The van der Waals surface area contributed by atoms with Gasteiger partial charge in [-0.15, -0.1) is 0 Å². The first-order chi connectivity index (χ1) is 14.5. The second kappa shape index (κ2) is 8.45. The summed E-state index contributed by atoms with van der Waals surface area (Å²) in [4.78, 5) is 18.1. The minimum atomic E-state index is -0.402. The van der Waals surface area contributed by atoms with E-state index >= 15 is 0 Å². The van der Waals surface area contributed by atoms with Gasteiger partial charge < -0.3 is 14.7 Å². The van der Waals surface area contributed by atoms with Crippen LogP contribution in [0.2, 0.25) is 5.02 Å². The summed E-state index contributed by atoms with van der Waals surface area (Å²) in [7, 11) is 0. The zero-order valence-electron chi connectivity index (χ0n) is 16.8. The molecule has 4 heterocycles. The van der Waals surface area contributed by atoms with E-state index in [0.29, 0.717) is 31.2 Å². The lowest BCUT2D eigenvalue weighted by atomic mass is 10.1. The van der Waals surface area contributed by atoms with Crippen molar-refractivity contribution in [1.29, 1.82) is 0 Å². The number of aryl methyl sites for hydroxylation is 1. The molecule has 0 spiro atoms. The lowest BCUT2D eigenvalue weighted by Gasteiger charge is -2.19. The second-order valence-electron chi connectivity index (χ2n) is 7.25. The number of rotatable bonds is 6. The molecule has 1 atom stereocenters. The number of halogens is 1. The van der Waals surface area contributed by atoms with Crippen molar-refractivity contribution >= 4 is 17.3 Å². The van der Waals surface area contributed by atoms with Crippen LogP contribution in [0.1, 0.15) is 17.8 Å². The zero-order chi connectivity index (χ0) is 21.3. The van der Waals surface area contributed by atoms with Crippen LogP contribution < -0.4 is 15.2 Å². The molecular weight excluding hydrogens is 408 g/mol. The summed E-state index contributed by atoms with van der Waals surface area (Å²) in [6.07, 6.45) is 3.97. The predicted molar refractivity (Wildman–Crippen MR) is 113 cm³/mol. The number of aromatic amines is 1. The Morgan fingerprint density at radius 2 is 2.23 bits per heavy atom. The van der Waals surface area contributed by atoms with Crippen LogP contribution in [-0.2, 0) is 6.54 Å². The van der Waals surface area contributed by atoms with Crippen LogP contribution in [0.4, 0.5) is 5.69 Å².